The molecule has 0 spiro atoms. The predicted octanol–water partition coefficient (Wildman–Crippen LogP) is 0.0380. The maximum Gasteiger partial charge on any atom is 0.335 e. The van der Waals surface area contributed by atoms with E-state index in [1.807, 2.05) is 4.98 Å². The number of anilines is 1. The fraction of sp³-hybridized carbons (Fsp3) is 0.0769. The minimum absolute atomic E-state index is 0.0872. The SMILES string of the molecule is CN(C(=O)c1cc(=O)[nH]c(=O)[nH]1)c1ccc(C(=O)O)cc1. The summed E-state index contributed by atoms with van der Waals surface area (Å²) >= 11 is 0. The van der Waals surface area contributed by atoms with Gasteiger partial charge >= 0.3 is 11.7 Å². The summed E-state index contributed by atoms with van der Waals surface area (Å²) in [7, 11) is 1.44. The first kappa shape index (κ1) is 14.3. The number of aromatic carboxylic acids is 1. The van der Waals surface area contributed by atoms with Crippen LogP contribution in [0, 0.1) is 0 Å². The van der Waals surface area contributed by atoms with Crippen molar-refractivity contribution in [2.75, 3.05) is 11.9 Å². The number of benzene rings is 1. The average Bonchev–Trinajstić information content (AvgIpc) is 2.44. The zero-order chi connectivity index (χ0) is 15.6. The van der Waals surface area contributed by atoms with Crippen molar-refractivity contribution in [1.29, 1.82) is 0 Å². The molecule has 0 saturated carbocycles. The Bertz CT molecular complexity index is 775. The molecule has 1 heterocycles. The summed E-state index contributed by atoms with van der Waals surface area (Å²) in [5, 5.41) is 8.80. The van der Waals surface area contributed by atoms with Gasteiger partial charge < -0.3 is 15.0 Å². The normalized spacial score (nSPS) is 10.1. The number of carboxylic acid groups (broad SMARTS) is 1. The molecule has 0 atom stereocenters. The monoisotopic (exact) mass is 289 g/mol. The van der Waals surface area contributed by atoms with E-state index in [1.165, 1.54) is 36.2 Å². The number of nitrogens with zero attached hydrogens (tertiary/aromatic N) is 1. The maximum absolute atomic E-state index is 12.2. The third-order valence-corrected chi connectivity index (χ3v) is 2.80. The molecule has 0 aliphatic carbocycles. The van der Waals surface area contributed by atoms with Crippen molar-refractivity contribution in [1.82, 2.24) is 9.97 Å². The zero-order valence-corrected chi connectivity index (χ0v) is 10.9. The van der Waals surface area contributed by atoms with Gasteiger partial charge in [-0.15, -0.1) is 0 Å². The fourth-order valence-corrected chi connectivity index (χ4v) is 1.71. The first-order chi connectivity index (χ1) is 9.88. The third kappa shape index (κ3) is 3.06. The summed E-state index contributed by atoms with van der Waals surface area (Å²) in [5.74, 6) is -1.67. The average molecular weight is 289 g/mol. The number of hydrogen-bond acceptors (Lipinski definition) is 4. The van der Waals surface area contributed by atoms with Gasteiger partial charge in [-0.05, 0) is 24.3 Å². The summed E-state index contributed by atoms with van der Waals surface area (Å²) in [4.78, 5) is 50.6. The number of H-pyrrole nitrogens is 2. The summed E-state index contributed by atoms with van der Waals surface area (Å²) in [6.45, 7) is 0. The molecule has 2 rings (SSSR count). The van der Waals surface area contributed by atoms with Crippen LogP contribution in [0.3, 0.4) is 0 Å². The lowest BCUT2D eigenvalue weighted by atomic mass is 10.2. The lowest BCUT2D eigenvalue weighted by Gasteiger charge is -2.17. The number of amides is 1. The molecule has 0 aliphatic rings. The first-order valence-electron chi connectivity index (χ1n) is 5.83. The largest absolute Gasteiger partial charge is 0.478 e. The topological polar surface area (TPSA) is 123 Å². The fourth-order valence-electron chi connectivity index (χ4n) is 1.71. The standard InChI is InChI=1S/C13H11N3O5/c1-16(8-4-2-7(3-5-8)12(19)20)11(18)9-6-10(17)15-13(21)14-9/h2-6H,1H3,(H,19,20)(H2,14,15,17,21). The first-order valence-corrected chi connectivity index (χ1v) is 5.83. The lowest BCUT2D eigenvalue weighted by molar-refractivity contribution is 0.0696. The second-order valence-electron chi connectivity index (χ2n) is 4.22. The van der Waals surface area contributed by atoms with Gasteiger partial charge in [-0.1, -0.05) is 0 Å². The molecule has 0 fully saturated rings. The molecule has 108 valence electrons. The van der Waals surface area contributed by atoms with Crippen molar-refractivity contribution in [3.63, 3.8) is 0 Å². The van der Waals surface area contributed by atoms with Crippen molar-refractivity contribution >= 4 is 17.6 Å². The molecule has 21 heavy (non-hydrogen) atoms. The van der Waals surface area contributed by atoms with Crippen LogP contribution in [0.25, 0.3) is 0 Å². The molecule has 0 bridgehead atoms. The highest BCUT2D eigenvalue weighted by molar-refractivity contribution is 6.04. The van der Waals surface area contributed by atoms with Gasteiger partial charge in [0.05, 0.1) is 5.56 Å². The molecular formula is C13H11N3O5. The Balaban J connectivity index is 2.32. The quantitative estimate of drug-likeness (QED) is 0.736. The highest BCUT2D eigenvalue weighted by atomic mass is 16.4. The second kappa shape index (κ2) is 5.45. The molecule has 8 heteroatoms. The third-order valence-electron chi connectivity index (χ3n) is 2.80. The molecule has 1 aromatic heterocycles. The van der Waals surface area contributed by atoms with E-state index in [4.69, 9.17) is 5.11 Å². The molecule has 1 amide bonds. The number of nitrogens with one attached hydrogen (secondary N) is 2. The molecule has 0 saturated heterocycles. The van der Waals surface area contributed by atoms with Crippen LogP contribution in [-0.2, 0) is 0 Å². The van der Waals surface area contributed by atoms with Crippen molar-refractivity contribution < 1.29 is 14.7 Å². The van der Waals surface area contributed by atoms with E-state index in [2.05, 4.69) is 4.98 Å². The summed E-state index contributed by atoms with van der Waals surface area (Å²) < 4.78 is 0. The maximum atomic E-state index is 12.2. The Morgan fingerprint density at radius 3 is 2.24 bits per heavy atom. The van der Waals surface area contributed by atoms with E-state index in [-0.39, 0.29) is 11.3 Å². The molecule has 3 N–H and O–H groups in total. The van der Waals surface area contributed by atoms with E-state index >= 15 is 0 Å². The summed E-state index contributed by atoms with van der Waals surface area (Å²) in [5.41, 5.74) is -1.11. The molecule has 0 aliphatic heterocycles. The van der Waals surface area contributed by atoms with E-state index in [0.717, 1.165) is 6.07 Å². The van der Waals surface area contributed by atoms with E-state index in [1.54, 1.807) is 0 Å². The lowest BCUT2D eigenvalue weighted by Crippen LogP contribution is -2.32. The van der Waals surface area contributed by atoms with Gasteiger partial charge in [0.2, 0.25) is 0 Å². The van der Waals surface area contributed by atoms with Gasteiger partial charge in [0.1, 0.15) is 5.69 Å². The molecule has 0 unspecified atom stereocenters. The minimum Gasteiger partial charge on any atom is -0.478 e. The highest BCUT2D eigenvalue weighted by Gasteiger charge is 2.15. The number of carboxylic acids is 1. The summed E-state index contributed by atoms with van der Waals surface area (Å²) in [6.07, 6.45) is 0. The van der Waals surface area contributed by atoms with Crippen molar-refractivity contribution in [2.24, 2.45) is 0 Å². The van der Waals surface area contributed by atoms with Gasteiger partial charge in [-0.25, -0.2) is 9.59 Å². The van der Waals surface area contributed by atoms with Crippen LogP contribution in [0.4, 0.5) is 5.69 Å². The van der Waals surface area contributed by atoms with Crippen LogP contribution >= 0.6 is 0 Å². The number of aromatic amines is 2. The number of carbonyl (C=O) groups excluding carboxylic acids is 1. The zero-order valence-electron chi connectivity index (χ0n) is 10.9. The molecule has 1 aromatic carbocycles. The van der Waals surface area contributed by atoms with Crippen LogP contribution in [-0.4, -0.2) is 34.0 Å². The number of aromatic nitrogens is 2. The van der Waals surface area contributed by atoms with Gasteiger partial charge in [-0.2, -0.15) is 0 Å². The van der Waals surface area contributed by atoms with Crippen LogP contribution < -0.4 is 16.1 Å². The van der Waals surface area contributed by atoms with Crippen LogP contribution in [0.2, 0.25) is 0 Å². The molecule has 0 radical (unpaired) electrons. The molecule has 2 aromatic rings. The molecular weight excluding hydrogens is 278 g/mol. The Morgan fingerprint density at radius 1 is 1.10 bits per heavy atom. The van der Waals surface area contributed by atoms with Crippen LogP contribution in [0.15, 0.2) is 39.9 Å². The second-order valence-corrected chi connectivity index (χ2v) is 4.22. The Kier molecular flexibility index (Phi) is 3.70. The molecule has 8 nitrogen and oxygen atoms in total. The van der Waals surface area contributed by atoms with Crippen molar-refractivity contribution in [3.05, 3.63) is 62.4 Å². The van der Waals surface area contributed by atoms with E-state index in [0.29, 0.717) is 5.69 Å². The van der Waals surface area contributed by atoms with Crippen molar-refractivity contribution in [3.8, 4) is 0 Å². The minimum atomic E-state index is -1.07. The highest BCUT2D eigenvalue weighted by Crippen LogP contribution is 2.15. The summed E-state index contributed by atoms with van der Waals surface area (Å²) in [6, 6.07) is 6.58. The van der Waals surface area contributed by atoms with E-state index < -0.39 is 23.1 Å². The van der Waals surface area contributed by atoms with Gasteiger partial charge in [0.25, 0.3) is 11.5 Å². The Labute approximate surface area is 117 Å². The number of carbonyl (C=O) groups is 2. The number of hydrogen-bond donors (Lipinski definition) is 3. The van der Waals surface area contributed by atoms with Crippen LogP contribution in [0.1, 0.15) is 20.8 Å². The number of rotatable bonds is 3. The van der Waals surface area contributed by atoms with Gasteiger partial charge in [-0.3, -0.25) is 14.6 Å². The van der Waals surface area contributed by atoms with Crippen LogP contribution in [0.5, 0.6) is 0 Å². The van der Waals surface area contributed by atoms with Gasteiger partial charge in [0.15, 0.2) is 0 Å². The van der Waals surface area contributed by atoms with Crippen molar-refractivity contribution in [2.45, 2.75) is 0 Å². The van der Waals surface area contributed by atoms with Gasteiger partial charge in [0, 0.05) is 18.8 Å². The predicted molar refractivity (Wildman–Crippen MR) is 73.8 cm³/mol. The Morgan fingerprint density at radius 2 is 1.71 bits per heavy atom. The smallest absolute Gasteiger partial charge is 0.335 e. The van der Waals surface area contributed by atoms with E-state index in [9.17, 15) is 19.2 Å². The Hall–Kier alpha value is -3.16.